The van der Waals surface area contributed by atoms with Crippen LogP contribution in [-0.2, 0) is 6.18 Å². The summed E-state index contributed by atoms with van der Waals surface area (Å²) in [5.41, 5.74) is 0.0156. The minimum absolute atomic E-state index is 0.183. The molecule has 2 aromatic carbocycles. The number of aromatic amines is 1. The number of hydrogen-bond acceptors (Lipinski definition) is 3. The van der Waals surface area contributed by atoms with E-state index in [4.69, 9.17) is 0 Å². The molecule has 2 heterocycles. The van der Waals surface area contributed by atoms with Crippen LogP contribution in [0.4, 0.5) is 17.6 Å². The van der Waals surface area contributed by atoms with E-state index < -0.39 is 11.7 Å². The largest absolute Gasteiger partial charge is 0.416 e. The lowest BCUT2D eigenvalue weighted by molar-refractivity contribution is -0.137. The molecule has 4 rings (SSSR count). The predicted octanol–water partition coefficient (Wildman–Crippen LogP) is 4.61. The third-order valence-corrected chi connectivity index (χ3v) is 4.89. The zero-order valence-corrected chi connectivity index (χ0v) is 15.1. The number of nitrogens with zero attached hydrogens (tertiary/aromatic N) is 3. The van der Waals surface area contributed by atoms with Gasteiger partial charge >= 0.3 is 6.18 Å². The summed E-state index contributed by atoms with van der Waals surface area (Å²) in [5, 5.41) is 6.97. The van der Waals surface area contributed by atoms with Crippen molar-refractivity contribution in [3.8, 4) is 11.4 Å². The van der Waals surface area contributed by atoms with Gasteiger partial charge in [0.05, 0.1) is 11.6 Å². The number of likely N-dealkylation sites (tertiary alicyclic amines) is 1. The van der Waals surface area contributed by atoms with Gasteiger partial charge in [0.1, 0.15) is 11.6 Å². The van der Waals surface area contributed by atoms with Crippen molar-refractivity contribution < 1.29 is 22.4 Å². The van der Waals surface area contributed by atoms with Crippen LogP contribution in [0.1, 0.15) is 40.6 Å². The van der Waals surface area contributed by atoms with Crippen molar-refractivity contribution >= 4 is 5.91 Å². The molecule has 1 amide bonds. The second kappa shape index (κ2) is 7.31. The highest BCUT2D eigenvalue weighted by Gasteiger charge is 2.34. The predicted molar refractivity (Wildman–Crippen MR) is 96.2 cm³/mol. The molecule has 1 atom stereocenters. The Hall–Kier alpha value is -3.23. The number of benzene rings is 2. The van der Waals surface area contributed by atoms with Crippen LogP contribution in [0.25, 0.3) is 11.4 Å². The lowest BCUT2D eigenvalue weighted by Gasteiger charge is -2.23. The molecule has 0 saturated carbocycles. The fourth-order valence-electron chi connectivity index (χ4n) is 3.41. The van der Waals surface area contributed by atoms with E-state index in [0.29, 0.717) is 30.2 Å². The first-order valence-electron chi connectivity index (χ1n) is 8.99. The van der Waals surface area contributed by atoms with Crippen molar-refractivity contribution in [1.82, 2.24) is 20.1 Å². The van der Waals surface area contributed by atoms with E-state index in [1.807, 2.05) is 0 Å². The zero-order valence-electron chi connectivity index (χ0n) is 15.1. The number of carbonyl (C=O) groups excluding carboxylic acids is 1. The molecular weight excluding hydrogens is 388 g/mol. The highest BCUT2D eigenvalue weighted by Crippen LogP contribution is 2.33. The van der Waals surface area contributed by atoms with Crippen LogP contribution in [-0.4, -0.2) is 32.5 Å². The molecule has 0 bridgehead atoms. The maximum absolute atomic E-state index is 13.1. The van der Waals surface area contributed by atoms with E-state index in [2.05, 4.69) is 15.2 Å². The van der Waals surface area contributed by atoms with Crippen LogP contribution in [0.2, 0.25) is 0 Å². The number of nitrogens with one attached hydrogen (secondary N) is 1. The Kier molecular flexibility index (Phi) is 4.81. The highest BCUT2D eigenvalue weighted by molar-refractivity contribution is 5.94. The fourth-order valence-corrected chi connectivity index (χ4v) is 3.41. The maximum Gasteiger partial charge on any atom is 0.416 e. The summed E-state index contributed by atoms with van der Waals surface area (Å²) in [7, 11) is 0. The van der Waals surface area contributed by atoms with Crippen LogP contribution in [0.5, 0.6) is 0 Å². The van der Waals surface area contributed by atoms with Gasteiger partial charge in [0.15, 0.2) is 5.82 Å². The molecule has 1 N–H and O–H groups in total. The summed E-state index contributed by atoms with van der Waals surface area (Å²) in [6.07, 6.45) is -3.05. The topological polar surface area (TPSA) is 61.9 Å². The van der Waals surface area contributed by atoms with E-state index in [-0.39, 0.29) is 23.3 Å². The second-order valence-corrected chi connectivity index (χ2v) is 6.78. The molecule has 3 aromatic rings. The van der Waals surface area contributed by atoms with Crippen LogP contribution >= 0.6 is 0 Å². The highest BCUT2D eigenvalue weighted by atomic mass is 19.4. The Morgan fingerprint density at radius 2 is 1.76 bits per heavy atom. The standard InChI is InChI=1S/C20H16F4N4O/c21-15-9-5-12(6-10-15)17-25-18(27-26-17)16-2-1-11-28(16)19(29)13-3-7-14(8-4-13)20(22,23)24/h3-10,16H,1-2,11H2,(H,25,26,27)/t16-/m0/s1. The van der Waals surface area contributed by atoms with Gasteiger partial charge in [0, 0.05) is 17.7 Å². The second-order valence-electron chi connectivity index (χ2n) is 6.78. The molecule has 0 unspecified atom stereocenters. The van der Waals surface area contributed by atoms with E-state index in [1.54, 1.807) is 17.0 Å². The molecule has 29 heavy (non-hydrogen) atoms. The smallest absolute Gasteiger partial charge is 0.328 e. The van der Waals surface area contributed by atoms with Gasteiger partial charge in [-0.3, -0.25) is 9.89 Å². The van der Waals surface area contributed by atoms with Gasteiger partial charge in [-0.1, -0.05) is 0 Å². The van der Waals surface area contributed by atoms with Gasteiger partial charge in [-0.2, -0.15) is 18.3 Å². The molecular formula is C20H16F4N4O. The van der Waals surface area contributed by atoms with Crippen molar-refractivity contribution in [1.29, 1.82) is 0 Å². The number of amides is 1. The van der Waals surface area contributed by atoms with E-state index >= 15 is 0 Å². The summed E-state index contributed by atoms with van der Waals surface area (Å²) in [6, 6.07) is 9.55. The summed E-state index contributed by atoms with van der Waals surface area (Å²) < 4.78 is 51.3. The quantitative estimate of drug-likeness (QED) is 0.649. The van der Waals surface area contributed by atoms with Crippen LogP contribution < -0.4 is 0 Å². The number of rotatable bonds is 3. The van der Waals surface area contributed by atoms with Crippen molar-refractivity contribution in [2.75, 3.05) is 6.54 Å². The van der Waals surface area contributed by atoms with Crippen molar-refractivity contribution in [3.63, 3.8) is 0 Å². The fraction of sp³-hybridized carbons (Fsp3) is 0.250. The number of hydrogen-bond donors (Lipinski definition) is 1. The molecule has 1 saturated heterocycles. The number of alkyl halides is 3. The molecule has 0 spiro atoms. The maximum atomic E-state index is 13.1. The SMILES string of the molecule is O=C(c1ccc(C(F)(F)F)cc1)N1CCC[C@H]1c1nc(-c2ccc(F)cc2)n[nH]1. The molecule has 1 aliphatic rings. The summed E-state index contributed by atoms with van der Waals surface area (Å²) in [4.78, 5) is 18.9. The molecule has 1 fully saturated rings. The average molecular weight is 404 g/mol. The van der Waals surface area contributed by atoms with E-state index in [1.165, 1.54) is 24.3 Å². The van der Waals surface area contributed by atoms with Crippen LogP contribution in [0.3, 0.4) is 0 Å². The average Bonchev–Trinajstić information content (AvgIpc) is 3.37. The lowest BCUT2D eigenvalue weighted by atomic mass is 10.1. The number of H-pyrrole nitrogens is 1. The number of aromatic nitrogens is 3. The molecule has 0 aliphatic carbocycles. The Balaban J connectivity index is 1.55. The van der Waals surface area contributed by atoms with Gasteiger partial charge in [0.2, 0.25) is 0 Å². The first-order valence-corrected chi connectivity index (χ1v) is 8.99. The van der Waals surface area contributed by atoms with E-state index in [0.717, 1.165) is 18.6 Å². The van der Waals surface area contributed by atoms with Crippen LogP contribution in [0, 0.1) is 5.82 Å². The van der Waals surface area contributed by atoms with Gasteiger partial charge in [-0.25, -0.2) is 9.37 Å². The van der Waals surface area contributed by atoms with Crippen molar-refractivity contribution in [2.45, 2.75) is 25.1 Å². The van der Waals surface area contributed by atoms with Crippen LogP contribution in [0.15, 0.2) is 48.5 Å². The normalized spacial score (nSPS) is 17.0. The first-order chi connectivity index (χ1) is 13.8. The number of carbonyl (C=O) groups is 1. The lowest BCUT2D eigenvalue weighted by Crippen LogP contribution is -2.31. The van der Waals surface area contributed by atoms with Gasteiger partial charge in [-0.15, -0.1) is 0 Å². The molecule has 1 aromatic heterocycles. The van der Waals surface area contributed by atoms with Gasteiger partial charge in [-0.05, 0) is 61.4 Å². The Bertz CT molecular complexity index is 1010. The molecule has 0 radical (unpaired) electrons. The Morgan fingerprint density at radius 1 is 1.07 bits per heavy atom. The Labute approximate surface area is 163 Å². The zero-order chi connectivity index (χ0) is 20.6. The third kappa shape index (κ3) is 3.85. The number of halogens is 4. The molecule has 9 heteroatoms. The van der Waals surface area contributed by atoms with Gasteiger partial charge in [0.25, 0.3) is 5.91 Å². The minimum atomic E-state index is -4.45. The molecule has 5 nitrogen and oxygen atoms in total. The van der Waals surface area contributed by atoms with Crippen molar-refractivity contribution in [2.24, 2.45) is 0 Å². The summed E-state index contributed by atoms with van der Waals surface area (Å²) in [5.74, 6) is 0.144. The molecule has 150 valence electrons. The van der Waals surface area contributed by atoms with Gasteiger partial charge < -0.3 is 4.90 Å². The Morgan fingerprint density at radius 3 is 2.41 bits per heavy atom. The first kappa shape index (κ1) is 19.1. The summed E-state index contributed by atoms with van der Waals surface area (Å²) >= 11 is 0. The van der Waals surface area contributed by atoms with E-state index in [9.17, 15) is 22.4 Å². The summed E-state index contributed by atoms with van der Waals surface area (Å²) in [6.45, 7) is 0.469. The van der Waals surface area contributed by atoms with Crippen molar-refractivity contribution in [3.05, 3.63) is 71.3 Å². The monoisotopic (exact) mass is 404 g/mol. The third-order valence-electron chi connectivity index (χ3n) is 4.89. The minimum Gasteiger partial charge on any atom is -0.328 e. The molecule has 1 aliphatic heterocycles.